The lowest BCUT2D eigenvalue weighted by atomic mass is 10.0. The van der Waals surface area contributed by atoms with Crippen LogP contribution >= 0.6 is 0 Å². The molecule has 0 aliphatic carbocycles. The lowest BCUT2D eigenvalue weighted by Crippen LogP contribution is -2.51. The first-order valence-corrected chi connectivity index (χ1v) is 12.5. The summed E-state index contributed by atoms with van der Waals surface area (Å²) in [7, 11) is 0. The first-order valence-electron chi connectivity index (χ1n) is 12.5. The van der Waals surface area contributed by atoms with Gasteiger partial charge in [0.2, 0.25) is 0 Å². The zero-order valence-corrected chi connectivity index (χ0v) is 18.7. The summed E-state index contributed by atoms with van der Waals surface area (Å²) >= 11 is 0. The maximum atomic E-state index is 8.80. The Bertz CT molecular complexity index is 285. The monoisotopic (exact) mass is 398 g/mol. The molecule has 0 saturated carbocycles. The van der Waals surface area contributed by atoms with Crippen molar-refractivity contribution in [3.63, 3.8) is 0 Å². The van der Waals surface area contributed by atoms with Gasteiger partial charge < -0.3 is 15.5 Å². The fourth-order valence-corrected chi connectivity index (χ4v) is 4.42. The van der Waals surface area contributed by atoms with Crippen LogP contribution in [0.4, 0.5) is 0 Å². The molecule has 1 saturated heterocycles. The summed E-state index contributed by atoms with van der Waals surface area (Å²) in [5.41, 5.74) is 0. The van der Waals surface area contributed by atoms with Crippen molar-refractivity contribution in [2.45, 2.75) is 115 Å². The van der Waals surface area contributed by atoms with Crippen LogP contribution < -0.4 is 5.32 Å². The zero-order valence-electron chi connectivity index (χ0n) is 18.7. The molecule has 1 atom stereocenters. The van der Waals surface area contributed by atoms with Gasteiger partial charge >= 0.3 is 0 Å². The van der Waals surface area contributed by atoms with E-state index in [1.54, 1.807) is 0 Å². The molecule has 1 fully saturated rings. The Balaban J connectivity index is 1.96. The minimum Gasteiger partial charge on any atom is -0.396 e. The number of rotatable bonds is 20. The third-order valence-electron chi connectivity index (χ3n) is 6.27. The van der Waals surface area contributed by atoms with Gasteiger partial charge in [-0.2, -0.15) is 0 Å². The summed E-state index contributed by atoms with van der Waals surface area (Å²) in [5.74, 6) is 0. The quantitative estimate of drug-likeness (QED) is 0.256. The van der Waals surface area contributed by atoms with Gasteiger partial charge in [0.1, 0.15) is 0 Å². The number of nitrogens with zero attached hydrogens (tertiary/aromatic N) is 1. The summed E-state index contributed by atoms with van der Waals surface area (Å²) in [6.07, 6.45) is 22.0. The fourth-order valence-electron chi connectivity index (χ4n) is 4.42. The van der Waals surface area contributed by atoms with Crippen molar-refractivity contribution < 1.29 is 10.2 Å². The van der Waals surface area contributed by atoms with Gasteiger partial charge in [-0.1, -0.05) is 83.5 Å². The van der Waals surface area contributed by atoms with Crippen molar-refractivity contribution >= 4 is 0 Å². The maximum Gasteiger partial charge on any atom is 0.0431 e. The average Bonchev–Trinajstić information content (AvgIpc) is 2.72. The predicted octanol–water partition coefficient (Wildman–Crippen LogP) is 4.88. The lowest BCUT2D eigenvalue weighted by molar-refractivity contribution is 0.147. The summed E-state index contributed by atoms with van der Waals surface area (Å²) in [6.45, 7) is 5.59. The van der Waals surface area contributed by atoms with Gasteiger partial charge in [0, 0.05) is 38.9 Å². The molecule has 1 aliphatic rings. The first-order chi connectivity index (χ1) is 13.9. The molecule has 0 amide bonds. The summed E-state index contributed by atoms with van der Waals surface area (Å²) in [5, 5.41) is 21.2. The van der Waals surface area contributed by atoms with Crippen LogP contribution in [0.15, 0.2) is 0 Å². The van der Waals surface area contributed by atoms with E-state index >= 15 is 0 Å². The molecule has 0 bridgehead atoms. The first kappa shape index (κ1) is 25.9. The summed E-state index contributed by atoms with van der Waals surface area (Å²) in [4.78, 5) is 2.76. The highest BCUT2D eigenvalue weighted by atomic mass is 16.3. The summed E-state index contributed by atoms with van der Waals surface area (Å²) < 4.78 is 0. The number of aliphatic hydroxyl groups is 2. The van der Waals surface area contributed by atoms with Crippen LogP contribution in [-0.4, -0.2) is 60.5 Å². The fraction of sp³-hybridized carbons (Fsp3) is 1.00. The molecule has 0 aromatic heterocycles. The maximum absolute atomic E-state index is 8.80. The zero-order chi connectivity index (χ0) is 20.1. The highest BCUT2D eigenvalue weighted by Crippen LogP contribution is 2.16. The van der Waals surface area contributed by atoms with E-state index in [-0.39, 0.29) is 0 Å². The van der Waals surface area contributed by atoms with E-state index in [0.29, 0.717) is 13.2 Å². The Morgan fingerprint density at radius 2 is 1.07 bits per heavy atom. The molecule has 1 rings (SSSR count). The molecule has 3 N–H and O–H groups in total. The van der Waals surface area contributed by atoms with Crippen LogP contribution in [0.2, 0.25) is 0 Å². The van der Waals surface area contributed by atoms with E-state index < -0.39 is 0 Å². The highest BCUT2D eigenvalue weighted by molar-refractivity contribution is 4.79. The number of hydrogen-bond acceptors (Lipinski definition) is 4. The van der Waals surface area contributed by atoms with Crippen LogP contribution in [-0.2, 0) is 0 Å². The van der Waals surface area contributed by atoms with Crippen LogP contribution in [0.1, 0.15) is 109 Å². The smallest absolute Gasteiger partial charge is 0.0431 e. The number of piperazine rings is 1. The molecule has 1 unspecified atom stereocenters. The highest BCUT2D eigenvalue weighted by Gasteiger charge is 2.20. The Morgan fingerprint density at radius 1 is 0.607 bits per heavy atom. The number of aliphatic hydroxyl groups excluding tert-OH is 2. The number of nitrogens with one attached hydrogen (secondary N) is 1. The third kappa shape index (κ3) is 14.8. The van der Waals surface area contributed by atoms with E-state index in [4.69, 9.17) is 10.2 Å². The second-order valence-corrected chi connectivity index (χ2v) is 8.79. The molecule has 168 valence electrons. The van der Waals surface area contributed by atoms with Crippen molar-refractivity contribution in [2.24, 2.45) is 0 Å². The van der Waals surface area contributed by atoms with Crippen LogP contribution in [0, 0.1) is 0 Å². The van der Waals surface area contributed by atoms with Crippen molar-refractivity contribution in [1.82, 2.24) is 10.2 Å². The minimum atomic E-state index is 0.358. The van der Waals surface area contributed by atoms with Gasteiger partial charge in [-0.15, -0.1) is 0 Å². The number of hydrogen-bond donors (Lipinski definition) is 3. The molecule has 4 heteroatoms. The van der Waals surface area contributed by atoms with Gasteiger partial charge in [0.25, 0.3) is 0 Å². The largest absolute Gasteiger partial charge is 0.396 e. The van der Waals surface area contributed by atoms with Gasteiger partial charge in [-0.3, -0.25) is 4.90 Å². The second-order valence-electron chi connectivity index (χ2n) is 8.79. The Kier molecular flexibility index (Phi) is 18.6. The lowest BCUT2D eigenvalue weighted by Gasteiger charge is -2.36. The normalized spacial score (nSPS) is 18.0. The topological polar surface area (TPSA) is 55.7 Å². The molecule has 0 radical (unpaired) electrons. The van der Waals surface area contributed by atoms with Crippen molar-refractivity contribution in [3.05, 3.63) is 0 Å². The predicted molar refractivity (Wildman–Crippen MR) is 121 cm³/mol. The van der Waals surface area contributed by atoms with E-state index in [9.17, 15) is 0 Å². The van der Waals surface area contributed by atoms with E-state index in [1.807, 2.05) is 0 Å². The van der Waals surface area contributed by atoms with Crippen molar-refractivity contribution in [1.29, 1.82) is 0 Å². The number of unbranched alkanes of at least 4 members (excludes halogenated alkanes) is 14. The SMILES string of the molecule is OCCCCCCCCCCC1CNCCN1CCCCCCCCCCO. The van der Waals surface area contributed by atoms with Crippen LogP contribution in [0.3, 0.4) is 0 Å². The molecule has 0 spiro atoms. The van der Waals surface area contributed by atoms with E-state index in [2.05, 4.69) is 10.2 Å². The minimum absolute atomic E-state index is 0.358. The van der Waals surface area contributed by atoms with Gasteiger partial charge in [0.05, 0.1) is 0 Å². The van der Waals surface area contributed by atoms with Crippen LogP contribution in [0.25, 0.3) is 0 Å². The average molecular weight is 399 g/mol. The molecule has 4 nitrogen and oxygen atoms in total. The molecule has 1 heterocycles. The van der Waals surface area contributed by atoms with Crippen molar-refractivity contribution in [2.75, 3.05) is 39.4 Å². The Labute approximate surface area is 175 Å². The van der Waals surface area contributed by atoms with Gasteiger partial charge in [-0.05, 0) is 32.2 Å². The van der Waals surface area contributed by atoms with Gasteiger partial charge in [0.15, 0.2) is 0 Å². The standard InChI is InChI=1S/C24H50N2O2/c27-21-15-11-7-3-1-5-9-13-17-24-23-25-18-20-26(24)19-14-10-6-2-4-8-12-16-22-28/h24-25,27-28H,1-23H2. The molecule has 28 heavy (non-hydrogen) atoms. The van der Waals surface area contributed by atoms with Crippen LogP contribution in [0.5, 0.6) is 0 Å². The molecule has 1 aliphatic heterocycles. The van der Waals surface area contributed by atoms with Gasteiger partial charge in [-0.25, -0.2) is 0 Å². The molecule has 0 aromatic carbocycles. The Morgan fingerprint density at radius 3 is 1.61 bits per heavy atom. The van der Waals surface area contributed by atoms with Crippen molar-refractivity contribution in [3.8, 4) is 0 Å². The van der Waals surface area contributed by atoms with E-state index in [1.165, 1.54) is 116 Å². The molecular formula is C24H50N2O2. The molecule has 0 aromatic rings. The summed E-state index contributed by atoms with van der Waals surface area (Å²) in [6, 6.07) is 0.761. The Hall–Kier alpha value is -0.160. The molecular weight excluding hydrogens is 348 g/mol. The second kappa shape index (κ2) is 20.1. The van der Waals surface area contributed by atoms with E-state index in [0.717, 1.165) is 25.4 Å². The third-order valence-corrected chi connectivity index (χ3v) is 6.27.